The van der Waals surface area contributed by atoms with Gasteiger partial charge in [-0.05, 0) is 43.2 Å². The largest absolute Gasteiger partial charge is 0.416 e. The number of thiazole rings is 1. The molecule has 4 aromatic rings. The first kappa shape index (κ1) is 23.1. The molecule has 2 N–H and O–H groups in total. The van der Waals surface area contributed by atoms with Gasteiger partial charge in [0, 0.05) is 52.6 Å². The third-order valence-corrected chi connectivity index (χ3v) is 6.97. The van der Waals surface area contributed by atoms with Crippen molar-refractivity contribution in [2.45, 2.75) is 19.0 Å². The number of fused-ring (bicyclic) bond motifs is 1. The van der Waals surface area contributed by atoms with Crippen molar-refractivity contribution in [3.05, 3.63) is 71.2 Å². The molecule has 0 radical (unpaired) electrons. The van der Waals surface area contributed by atoms with E-state index < -0.39 is 11.7 Å². The predicted molar refractivity (Wildman–Crippen MR) is 128 cm³/mol. The smallest absolute Gasteiger partial charge is 0.360 e. The summed E-state index contributed by atoms with van der Waals surface area (Å²) in [6.07, 6.45) is -1.60. The molecule has 0 spiro atoms. The Hall–Kier alpha value is -3.66. The zero-order valence-corrected chi connectivity index (χ0v) is 19.2. The first-order valence-electron chi connectivity index (χ1n) is 11.1. The summed E-state index contributed by atoms with van der Waals surface area (Å²) in [5.74, 6) is -0.751. The second-order valence-corrected chi connectivity index (χ2v) is 9.27. The molecule has 1 fully saturated rings. The Bertz CT molecular complexity index is 1370. The average Bonchev–Trinajstić information content (AvgIpc) is 3.50. The minimum absolute atomic E-state index is 0.147. The number of alkyl halides is 3. The summed E-state index contributed by atoms with van der Waals surface area (Å²) < 4.78 is 38.2. The number of carbonyl (C=O) groups excluding carboxylic acids is 2. The van der Waals surface area contributed by atoms with Crippen molar-refractivity contribution in [1.82, 2.24) is 14.9 Å². The van der Waals surface area contributed by atoms with E-state index in [1.165, 1.54) is 23.5 Å². The van der Waals surface area contributed by atoms with Crippen LogP contribution in [0.15, 0.2) is 60.1 Å². The second-order valence-electron chi connectivity index (χ2n) is 8.42. The molecule has 2 aromatic heterocycles. The maximum atomic E-state index is 12.8. The molecular formula is C25H21F3N4O2S. The Morgan fingerprint density at radius 1 is 1.06 bits per heavy atom. The minimum atomic E-state index is -4.44. The van der Waals surface area contributed by atoms with Gasteiger partial charge in [0.05, 0.1) is 11.3 Å². The van der Waals surface area contributed by atoms with Gasteiger partial charge in [-0.15, -0.1) is 11.3 Å². The fourth-order valence-electron chi connectivity index (χ4n) is 4.27. The van der Waals surface area contributed by atoms with Crippen LogP contribution in [-0.2, 0) is 11.0 Å². The quantitative estimate of drug-likeness (QED) is 0.373. The molecule has 6 nitrogen and oxygen atoms in total. The first-order valence-corrected chi connectivity index (χ1v) is 12.0. The van der Waals surface area contributed by atoms with E-state index in [9.17, 15) is 22.8 Å². The lowest BCUT2D eigenvalue weighted by molar-refractivity contribution is -0.137. The van der Waals surface area contributed by atoms with Crippen LogP contribution in [0.4, 0.5) is 18.3 Å². The molecule has 0 unspecified atom stereocenters. The Morgan fingerprint density at radius 3 is 2.49 bits per heavy atom. The molecule has 2 amide bonds. The van der Waals surface area contributed by atoms with E-state index in [2.05, 4.69) is 15.3 Å². The van der Waals surface area contributed by atoms with E-state index in [-0.39, 0.29) is 23.3 Å². The molecule has 0 aliphatic carbocycles. The van der Waals surface area contributed by atoms with Crippen molar-refractivity contribution in [3.8, 4) is 11.3 Å². The number of aromatic amines is 1. The number of para-hydroxylation sites is 1. The topological polar surface area (TPSA) is 78.1 Å². The van der Waals surface area contributed by atoms with Gasteiger partial charge in [0.25, 0.3) is 5.91 Å². The zero-order chi connectivity index (χ0) is 24.6. The van der Waals surface area contributed by atoms with E-state index in [4.69, 9.17) is 0 Å². The molecule has 1 saturated heterocycles. The van der Waals surface area contributed by atoms with Gasteiger partial charge in [-0.3, -0.25) is 9.59 Å². The van der Waals surface area contributed by atoms with Crippen LogP contribution in [0.2, 0.25) is 0 Å². The molecule has 3 heterocycles. The molecule has 2 aromatic carbocycles. The number of piperidine rings is 1. The van der Waals surface area contributed by atoms with Crippen LogP contribution in [0.3, 0.4) is 0 Å². The Kier molecular flexibility index (Phi) is 6.06. The lowest BCUT2D eigenvalue weighted by Crippen LogP contribution is -2.41. The van der Waals surface area contributed by atoms with Crippen LogP contribution in [0.1, 0.15) is 28.8 Å². The summed E-state index contributed by atoms with van der Waals surface area (Å²) >= 11 is 1.35. The number of hydrogen-bond donors (Lipinski definition) is 2. The normalized spacial score (nSPS) is 14.9. The molecule has 0 bridgehead atoms. The van der Waals surface area contributed by atoms with Crippen LogP contribution in [0.25, 0.3) is 22.2 Å². The van der Waals surface area contributed by atoms with Crippen LogP contribution in [0, 0.1) is 5.92 Å². The summed E-state index contributed by atoms with van der Waals surface area (Å²) in [5, 5.41) is 6.35. The van der Waals surface area contributed by atoms with Crippen LogP contribution in [0.5, 0.6) is 0 Å². The molecule has 35 heavy (non-hydrogen) atoms. The zero-order valence-electron chi connectivity index (χ0n) is 18.4. The summed E-state index contributed by atoms with van der Waals surface area (Å²) in [6.45, 7) is 0.715. The van der Waals surface area contributed by atoms with Crippen molar-refractivity contribution in [1.29, 1.82) is 0 Å². The maximum Gasteiger partial charge on any atom is 0.416 e. The Morgan fingerprint density at radius 2 is 1.77 bits per heavy atom. The molecule has 10 heteroatoms. The SMILES string of the molecule is O=C(Nc1nc(-c2c[nH]c3ccccc23)cs1)C1CCN(C(=O)c2ccc(C(F)(F)F)cc2)CC1. The summed E-state index contributed by atoms with van der Waals surface area (Å²) in [7, 11) is 0. The number of halogens is 3. The summed E-state index contributed by atoms with van der Waals surface area (Å²) in [5.41, 5.74) is 2.17. The van der Waals surface area contributed by atoms with Crippen molar-refractivity contribution < 1.29 is 22.8 Å². The number of likely N-dealkylation sites (tertiary alicyclic amines) is 1. The molecular weight excluding hydrogens is 477 g/mol. The molecule has 180 valence electrons. The third-order valence-electron chi connectivity index (χ3n) is 6.21. The maximum absolute atomic E-state index is 12.8. The fourth-order valence-corrected chi connectivity index (χ4v) is 4.99. The van der Waals surface area contributed by atoms with Gasteiger partial charge < -0.3 is 15.2 Å². The van der Waals surface area contributed by atoms with Crippen LogP contribution >= 0.6 is 11.3 Å². The number of amides is 2. The van der Waals surface area contributed by atoms with Gasteiger partial charge in [0.15, 0.2) is 5.13 Å². The number of nitrogens with one attached hydrogen (secondary N) is 2. The number of rotatable bonds is 4. The number of hydrogen-bond acceptors (Lipinski definition) is 4. The number of aromatic nitrogens is 2. The van der Waals surface area contributed by atoms with Crippen molar-refractivity contribution in [2.24, 2.45) is 5.92 Å². The summed E-state index contributed by atoms with van der Waals surface area (Å²) in [6, 6.07) is 12.1. The third kappa shape index (κ3) is 4.79. The van der Waals surface area contributed by atoms with E-state index in [1.807, 2.05) is 35.8 Å². The number of anilines is 1. The van der Waals surface area contributed by atoms with Gasteiger partial charge in [-0.1, -0.05) is 18.2 Å². The number of nitrogens with zero attached hydrogens (tertiary/aromatic N) is 2. The first-order chi connectivity index (χ1) is 16.8. The fraction of sp³-hybridized carbons (Fsp3) is 0.240. The van der Waals surface area contributed by atoms with Crippen molar-refractivity contribution >= 4 is 39.2 Å². The molecule has 5 rings (SSSR count). The number of H-pyrrole nitrogens is 1. The van der Waals surface area contributed by atoms with E-state index in [1.54, 1.807) is 4.90 Å². The van der Waals surface area contributed by atoms with E-state index >= 15 is 0 Å². The van der Waals surface area contributed by atoms with Gasteiger partial charge in [-0.2, -0.15) is 13.2 Å². The monoisotopic (exact) mass is 498 g/mol. The molecule has 0 atom stereocenters. The highest BCUT2D eigenvalue weighted by Crippen LogP contribution is 2.32. The highest BCUT2D eigenvalue weighted by Gasteiger charge is 2.31. The van der Waals surface area contributed by atoms with Crippen molar-refractivity contribution in [2.75, 3.05) is 18.4 Å². The number of carbonyl (C=O) groups is 2. The van der Waals surface area contributed by atoms with Gasteiger partial charge in [-0.25, -0.2) is 4.98 Å². The average molecular weight is 499 g/mol. The minimum Gasteiger partial charge on any atom is -0.360 e. The molecule has 1 aliphatic heterocycles. The summed E-state index contributed by atoms with van der Waals surface area (Å²) in [4.78, 5) is 34.8. The highest BCUT2D eigenvalue weighted by molar-refractivity contribution is 7.14. The molecule has 1 aliphatic rings. The lowest BCUT2D eigenvalue weighted by atomic mass is 9.95. The molecule has 0 saturated carbocycles. The number of benzene rings is 2. The standard InChI is InChI=1S/C25H21F3N4O2S/c26-25(27,28)17-7-5-16(6-8-17)23(34)32-11-9-15(10-12-32)22(33)31-24-30-21(14-35-24)19-13-29-20-4-2-1-3-18(19)20/h1-8,13-15,29H,9-12H2,(H,30,31,33). The van der Waals surface area contributed by atoms with Gasteiger partial charge in [0.1, 0.15) is 0 Å². The van der Waals surface area contributed by atoms with Gasteiger partial charge in [0.2, 0.25) is 5.91 Å². The Balaban J connectivity index is 1.17. The van der Waals surface area contributed by atoms with Crippen LogP contribution < -0.4 is 5.32 Å². The van der Waals surface area contributed by atoms with Crippen LogP contribution in [-0.4, -0.2) is 39.8 Å². The van der Waals surface area contributed by atoms with Crippen molar-refractivity contribution in [3.63, 3.8) is 0 Å². The van der Waals surface area contributed by atoms with Gasteiger partial charge >= 0.3 is 6.18 Å². The Labute approximate surface area is 202 Å². The predicted octanol–water partition coefficient (Wildman–Crippen LogP) is 5.80. The lowest BCUT2D eigenvalue weighted by Gasteiger charge is -2.31. The van der Waals surface area contributed by atoms with E-state index in [0.29, 0.717) is 31.1 Å². The van der Waals surface area contributed by atoms with E-state index in [0.717, 1.165) is 34.3 Å². The second kappa shape index (κ2) is 9.18. The highest BCUT2D eigenvalue weighted by atomic mass is 32.1.